The molecule has 1 heterocycles. The van der Waals surface area contributed by atoms with Crippen molar-refractivity contribution in [3.8, 4) is 0 Å². The molecule has 2 amide bonds. The summed E-state index contributed by atoms with van der Waals surface area (Å²) in [5.74, 6) is -2.00. The van der Waals surface area contributed by atoms with E-state index in [9.17, 15) is 19.2 Å². The first-order chi connectivity index (χ1) is 7.93. The van der Waals surface area contributed by atoms with Gasteiger partial charge in [0.2, 0.25) is 5.91 Å². The first-order valence-corrected chi connectivity index (χ1v) is 4.73. The minimum absolute atomic E-state index is 0.249. The number of esters is 1. The second-order valence-electron chi connectivity index (χ2n) is 3.26. The fourth-order valence-corrected chi connectivity index (χ4v) is 1.13. The van der Waals surface area contributed by atoms with Gasteiger partial charge >= 0.3 is 12.1 Å². The van der Waals surface area contributed by atoms with Crippen LogP contribution in [0.4, 0.5) is 4.79 Å². The van der Waals surface area contributed by atoms with Crippen LogP contribution in [0, 0.1) is 0 Å². The Morgan fingerprint density at radius 3 is 2.53 bits per heavy atom. The lowest BCUT2D eigenvalue weighted by Gasteiger charge is -2.12. The molecule has 0 aromatic carbocycles. The van der Waals surface area contributed by atoms with Gasteiger partial charge in [-0.25, -0.2) is 9.59 Å². The molecular formula is C9H11NO7. The first-order valence-electron chi connectivity index (χ1n) is 4.73. The number of methoxy groups -OCH3 is 1. The summed E-state index contributed by atoms with van der Waals surface area (Å²) in [4.78, 5) is 43.9. The average molecular weight is 245 g/mol. The van der Waals surface area contributed by atoms with Crippen molar-refractivity contribution in [2.45, 2.75) is 25.6 Å². The second kappa shape index (κ2) is 5.28. The summed E-state index contributed by atoms with van der Waals surface area (Å²) < 4.78 is 13.4. The van der Waals surface area contributed by atoms with Crippen LogP contribution in [-0.4, -0.2) is 43.3 Å². The zero-order valence-electron chi connectivity index (χ0n) is 9.22. The number of carbonyl (C=O) groups is 4. The number of ether oxygens (including phenoxy) is 3. The molecule has 94 valence electrons. The van der Waals surface area contributed by atoms with Crippen molar-refractivity contribution in [1.82, 2.24) is 5.32 Å². The maximum absolute atomic E-state index is 11.1. The van der Waals surface area contributed by atoms with E-state index in [1.165, 1.54) is 6.92 Å². The fourth-order valence-electron chi connectivity index (χ4n) is 1.13. The monoisotopic (exact) mass is 245 g/mol. The van der Waals surface area contributed by atoms with E-state index < -0.39 is 36.1 Å². The number of hydrogen-bond donors (Lipinski definition) is 1. The van der Waals surface area contributed by atoms with Crippen molar-refractivity contribution < 1.29 is 33.4 Å². The lowest BCUT2D eigenvalue weighted by molar-refractivity contribution is -0.151. The number of carbonyl (C=O) groups excluding carboxylic acids is 4. The van der Waals surface area contributed by atoms with E-state index in [1.54, 1.807) is 0 Å². The smallest absolute Gasteiger partial charge is 0.466 e. The number of rotatable bonds is 3. The van der Waals surface area contributed by atoms with Crippen molar-refractivity contribution >= 4 is 23.9 Å². The van der Waals surface area contributed by atoms with Gasteiger partial charge in [-0.1, -0.05) is 0 Å². The normalized spacial score (nSPS) is 20.5. The molecule has 1 aliphatic rings. The van der Waals surface area contributed by atoms with E-state index in [0.29, 0.717) is 0 Å². The Labute approximate surface area is 96.2 Å². The zero-order chi connectivity index (χ0) is 13.0. The molecule has 1 fully saturated rings. The predicted molar refractivity (Wildman–Crippen MR) is 50.6 cm³/mol. The molecule has 1 unspecified atom stereocenters. The van der Waals surface area contributed by atoms with Gasteiger partial charge in [0.15, 0.2) is 12.2 Å². The minimum atomic E-state index is -1.21. The summed E-state index contributed by atoms with van der Waals surface area (Å²) >= 11 is 0. The van der Waals surface area contributed by atoms with E-state index in [-0.39, 0.29) is 6.42 Å². The molecule has 0 aromatic rings. The van der Waals surface area contributed by atoms with E-state index in [2.05, 4.69) is 14.2 Å². The molecule has 1 N–H and O–H groups in total. The highest BCUT2D eigenvalue weighted by Gasteiger charge is 2.35. The molecule has 1 aliphatic heterocycles. The molecule has 8 nitrogen and oxygen atoms in total. The number of amides is 2. The van der Waals surface area contributed by atoms with Gasteiger partial charge in [-0.3, -0.25) is 14.9 Å². The molecule has 1 rings (SSSR count). The molecule has 0 radical (unpaired) electrons. The van der Waals surface area contributed by atoms with Crippen LogP contribution in [0.15, 0.2) is 0 Å². The number of hydrogen-bond acceptors (Lipinski definition) is 7. The fraction of sp³-hybridized carbons (Fsp3) is 0.556. The van der Waals surface area contributed by atoms with Crippen LogP contribution in [0.25, 0.3) is 0 Å². The molecular weight excluding hydrogens is 234 g/mol. The third kappa shape index (κ3) is 3.44. The Balaban J connectivity index is 2.42. The first kappa shape index (κ1) is 12.9. The van der Waals surface area contributed by atoms with Gasteiger partial charge in [0.1, 0.15) is 0 Å². The van der Waals surface area contributed by atoms with Crippen LogP contribution in [-0.2, 0) is 28.6 Å². The Kier molecular flexibility index (Phi) is 4.02. The van der Waals surface area contributed by atoms with Crippen LogP contribution in [0.5, 0.6) is 0 Å². The summed E-state index contributed by atoms with van der Waals surface area (Å²) in [6.07, 6.45) is -3.81. The highest BCUT2D eigenvalue weighted by Crippen LogP contribution is 2.08. The highest BCUT2D eigenvalue weighted by molar-refractivity contribution is 6.05. The predicted octanol–water partition coefficient (Wildman–Crippen LogP) is -0.884. The van der Waals surface area contributed by atoms with Crippen LogP contribution in [0.3, 0.4) is 0 Å². The summed E-state index contributed by atoms with van der Waals surface area (Å²) in [6, 6.07) is 0. The van der Waals surface area contributed by atoms with E-state index >= 15 is 0 Å². The van der Waals surface area contributed by atoms with Gasteiger partial charge in [-0.15, -0.1) is 0 Å². The lowest BCUT2D eigenvalue weighted by atomic mass is 10.3. The van der Waals surface area contributed by atoms with Crippen molar-refractivity contribution in [2.24, 2.45) is 0 Å². The molecule has 0 spiro atoms. The van der Waals surface area contributed by atoms with Crippen molar-refractivity contribution in [2.75, 3.05) is 7.11 Å². The summed E-state index contributed by atoms with van der Waals surface area (Å²) in [5.41, 5.74) is 0. The van der Waals surface area contributed by atoms with Gasteiger partial charge in [-0.05, 0) is 6.92 Å². The molecule has 17 heavy (non-hydrogen) atoms. The average Bonchev–Trinajstić information content (AvgIpc) is 2.55. The van der Waals surface area contributed by atoms with Gasteiger partial charge in [0.05, 0.1) is 13.5 Å². The van der Waals surface area contributed by atoms with Gasteiger partial charge in [0, 0.05) is 0 Å². The Morgan fingerprint density at radius 2 is 2.06 bits per heavy atom. The number of nitrogens with one attached hydrogen (secondary N) is 1. The van der Waals surface area contributed by atoms with Gasteiger partial charge in [0.25, 0.3) is 5.91 Å². The molecule has 8 heteroatoms. The summed E-state index contributed by atoms with van der Waals surface area (Å²) in [5, 5.41) is 1.96. The van der Waals surface area contributed by atoms with Gasteiger partial charge in [-0.2, -0.15) is 0 Å². The lowest BCUT2D eigenvalue weighted by Crippen LogP contribution is -2.31. The Bertz CT molecular complexity index is 364. The zero-order valence-corrected chi connectivity index (χ0v) is 9.22. The summed E-state index contributed by atoms with van der Waals surface area (Å²) in [6.45, 7) is 1.28. The molecule has 0 saturated carbocycles. The van der Waals surface area contributed by atoms with Crippen molar-refractivity contribution in [3.63, 3.8) is 0 Å². The van der Waals surface area contributed by atoms with Crippen LogP contribution >= 0.6 is 0 Å². The molecule has 1 saturated heterocycles. The molecule has 0 aromatic heterocycles. The third-order valence-electron chi connectivity index (χ3n) is 1.97. The SMILES string of the molecule is COC(=O)[C@H](C)OC(=O)OC1CC(=O)NC1=O. The Morgan fingerprint density at radius 1 is 1.41 bits per heavy atom. The topological polar surface area (TPSA) is 108 Å². The molecule has 2 atom stereocenters. The Hall–Kier alpha value is -2.12. The minimum Gasteiger partial charge on any atom is -0.466 e. The van der Waals surface area contributed by atoms with E-state index in [1.807, 2.05) is 5.32 Å². The van der Waals surface area contributed by atoms with E-state index in [0.717, 1.165) is 7.11 Å². The largest absolute Gasteiger partial charge is 0.509 e. The van der Waals surface area contributed by atoms with E-state index in [4.69, 9.17) is 0 Å². The highest BCUT2D eigenvalue weighted by atomic mass is 16.7. The molecule has 0 aliphatic carbocycles. The number of imide groups is 1. The maximum atomic E-state index is 11.1. The maximum Gasteiger partial charge on any atom is 0.509 e. The van der Waals surface area contributed by atoms with Crippen LogP contribution in [0.1, 0.15) is 13.3 Å². The van der Waals surface area contributed by atoms with Crippen molar-refractivity contribution in [3.05, 3.63) is 0 Å². The van der Waals surface area contributed by atoms with Crippen LogP contribution in [0.2, 0.25) is 0 Å². The third-order valence-corrected chi connectivity index (χ3v) is 1.97. The summed E-state index contributed by atoms with van der Waals surface area (Å²) in [7, 11) is 1.14. The van der Waals surface area contributed by atoms with Gasteiger partial charge < -0.3 is 14.2 Å². The van der Waals surface area contributed by atoms with Crippen molar-refractivity contribution in [1.29, 1.82) is 0 Å². The standard InChI is InChI=1S/C9H11NO7/c1-4(8(13)15-2)16-9(14)17-5-3-6(11)10-7(5)12/h4-5H,3H2,1-2H3,(H,10,11,12)/t4-,5?/m0/s1. The van der Waals surface area contributed by atoms with Crippen LogP contribution < -0.4 is 5.32 Å². The second-order valence-corrected chi connectivity index (χ2v) is 3.26. The molecule has 0 bridgehead atoms. The quantitative estimate of drug-likeness (QED) is 0.507.